The van der Waals surface area contributed by atoms with Crippen molar-refractivity contribution in [3.63, 3.8) is 0 Å². The Hall–Kier alpha value is -3.12. The SMILES string of the molecule is Cc1oc(-c2ccccc2)nc1CCOc1ccc2c(c1)C(C(=O)O)N[C@@H](C)C2. The predicted octanol–water partition coefficient (Wildman–Crippen LogP) is 3.93. The number of nitrogens with zero attached hydrogens (tertiary/aromatic N) is 1. The number of carbonyl (C=O) groups is 1. The summed E-state index contributed by atoms with van der Waals surface area (Å²) in [6, 6.07) is 14.9. The van der Waals surface area contributed by atoms with Gasteiger partial charge in [-0.25, -0.2) is 4.98 Å². The highest BCUT2D eigenvalue weighted by molar-refractivity contribution is 5.77. The summed E-state index contributed by atoms with van der Waals surface area (Å²) in [5.41, 5.74) is 3.63. The van der Waals surface area contributed by atoms with Gasteiger partial charge in [-0.15, -0.1) is 0 Å². The maximum absolute atomic E-state index is 11.6. The van der Waals surface area contributed by atoms with Crippen LogP contribution in [0.25, 0.3) is 11.5 Å². The molecule has 1 unspecified atom stereocenters. The zero-order chi connectivity index (χ0) is 20.4. The Morgan fingerprint density at radius 3 is 2.83 bits per heavy atom. The number of hydrogen-bond acceptors (Lipinski definition) is 5. The molecule has 0 fully saturated rings. The highest BCUT2D eigenvalue weighted by Gasteiger charge is 2.29. The minimum Gasteiger partial charge on any atom is -0.493 e. The number of rotatable bonds is 6. The van der Waals surface area contributed by atoms with Crippen molar-refractivity contribution in [1.82, 2.24) is 10.3 Å². The molecule has 0 aliphatic carbocycles. The average Bonchev–Trinajstić information content (AvgIpc) is 3.09. The monoisotopic (exact) mass is 392 g/mol. The third-order valence-corrected chi connectivity index (χ3v) is 5.17. The molecule has 0 radical (unpaired) electrons. The molecule has 4 rings (SSSR count). The molecule has 0 saturated heterocycles. The molecular formula is C23H24N2O4. The Balaban J connectivity index is 1.44. The van der Waals surface area contributed by atoms with E-state index in [-0.39, 0.29) is 6.04 Å². The maximum Gasteiger partial charge on any atom is 0.325 e. The predicted molar refractivity (Wildman–Crippen MR) is 109 cm³/mol. The second-order valence-electron chi connectivity index (χ2n) is 7.39. The Labute approximate surface area is 169 Å². The standard InChI is InChI=1S/C23H24N2O4/c1-14-12-17-8-9-18(13-19(17)21(24-14)23(26)27)28-11-10-20-15(2)29-22(25-20)16-6-4-3-5-7-16/h3-9,13-14,21,24H,10-12H2,1-2H3,(H,26,27)/t14-,21?/m0/s1. The lowest BCUT2D eigenvalue weighted by atomic mass is 9.90. The van der Waals surface area contributed by atoms with Crippen molar-refractivity contribution in [1.29, 1.82) is 0 Å². The summed E-state index contributed by atoms with van der Waals surface area (Å²) in [7, 11) is 0. The highest BCUT2D eigenvalue weighted by Crippen LogP contribution is 2.29. The molecule has 0 spiro atoms. The number of carboxylic acid groups (broad SMARTS) is 1. The van der Waals surface area contributed by atoms with E-state index in [1.54, 1.807) is 0 Å². The lowest BCUT2D eigenvalue weighted by Crippen LogP contribution is -2.41. The number of carboxylic acids is 1. The fourth-order valence-electron chi connectivity index (χ4n) is 3.71. The number of oxazole rings is 1. The van der Waals surface area contributed by atoms with Crippen LogP contribution in [0.1, 0.15) is 35.5 Å². The van der Waals surface area contributed by atoms with Gasteiger partial charge in [0, 0.05) is 18.0 Å². The van der Waals surface area contributed by atoms with Crippen LogP contribution in [0, 0.1) is 6.92 Å². The minimum absolute atomic E-state index is 0.129. The molecule has 1 aromatic heterocycles. The van der Waals surface area contributed by atoms with Crippen molar-refractivity contribution in [2.24, 2.45) is 0 Å². The number of aryl methyl sites for hydroxylation is 1. The Bertz CT molecular complexity index is 1010. The summed E-state index contributed by atoms with van der Waals surface area (Å²) in [6.07, 6.45) is 1.41. The summed E-state index contributed by atoms with van der Waals surface area (Å²) < 4.78 is 11.7. The molecule has 2 atom stereocenters. The van der Waals surface area contributed by atoms with Gasteiger partial charge in [0.05, 0.1) is 12.3 Å². The maximum atomic E-state index is 11.6. The highest BCUT2D eigenvalue weighted by atomic mass is 16.5. The fraction of sp³-hybridized carbons (Fsp3) is 0.304. The van der Waals surface area contributed by atoms with E-state index in [9.17, 15) is 9.90 Å². The molecule has 3 aromatic rings. The third-order valence-electron chi connectivity index (χ3n) is 5.17. The molecule has 6 nitrogen and oxygen atoms in total. The summed E-state index contributed by atoms with van der Waals surface area (Å²) in [4.78, 5) is 16.2. The van der Waals surface area contributed by atoms with Gasteiger partial charge in [0.15, 0.2) is 0 Å². The zero-order valence-electron chi connectivity index (χ0n) is 16.5. The van der Waals surface area contributed by atoms with E-state index in [1.165, 1.54) is 0 Å². The van der Waals surface area contributed by atoms with Crippen LogP contribution < -0.4 is 10.1 Å². The molecule has 1 aliphatic rings. The molecule has 0 saturated carbocycles. The van der Waals surface area contributed by atoms with E-state index in [2.05, 4.69) is 10.3 Å². The molecule has 0 bridgehead atoms. The van der Waals surface area contributed by atoms with E-state index in [4.69, 9.17) is 9.15 Å². The zero-order valence-corrected chi connectivity index (χ0v) is 16.5. The largest absolute Gasteiger partial charge is 0.493 e. The third kappa shape index (κ3) is 4.17. The van der Waals surface area contributed by atoms with E-state index < -0.39 is 12.0 Å². The topological polar surface area (TPSA) is 84.6 Å². The molecule has 2 heterocycles. The van der Waals surface area contributed by atoms with Crippen LogP contribution in [0.3, 0.4) is 0 Å². The van der Waals surface area contributed by atoms with Gasteiger partial charge in [-0.05, 0) is 55.7 Å². The van der Waals surface area contributed by atoms with Gasteiger partial charge in [-0.3, -0.25) is 10.1 Å². The fourth-order valence-corrected chi connectivity index (χ4v) is 3.71. The van der Waals surface area contributed by atoms with Gasteiger partial charge < -0.3 is 14.3 Å². The second kappa shape index (κ2) is 8.09. The normalized spacial score (nSPS) is 18.3. The Morgan fingerprint density at radius 1 is 1.28 bits per heavy atom. The van der Waals surface area contributed by atoms with Crippen LogP contribution in [0.2, 0.25) is 0 Å². The number of hydrogen-bond donors (Lipinski definition) is 2. The van der Waals surface area contributed by atoms with Crippen molar-refractivity contribution in [2.75, 3.05) is 6.61 Å². The molecule has 2 aromatic carbocycles. The first kappa shape index (κ1) is 19.2. The number of ether oxygens (including phenoxy) is 1. The minimum atomic E-state index is -0.874. The number of aromatic nitrogens is 1. The van der Waals surface area contributed by atoms with Gasteiger partial charge in [0.2, 0.25) is 5.89 Å². The van der Waals surface area contributed by atoms with Crippen LogP contribution in [-0.2, 0) is 17.6 Å². The van der Waals surface area contributed by atoms with Crippen LogP contribution in [0.4, 0.5) is 0 Å². The van der Waals surface area contributed by atoms with E-state index >= 15 is 0 Å². The van der Waals surface area contributed by atoms with Crippen molar-refractivity contribution < 1.29 is 19.1 Å². The summed E-state index contributed by atoms with van der Waals surface area (Å²) in [6.45, 7) is 4.33. The van der Waals surface area contributed by atoms with E-state index in [1.807, 2.05) is 62.4 Å². The molecule has 29 heavy (non-hydrogen) atoms. The first-order valence-electron chi connectivity index (χ1n) is 9.77. The smallest absolute Gasteiger partial charge is 0.325 e. The first-order chi connectivity index (χ1) is 14.0. The van der Waals surface area contributed by atoms with Crippen molar-refractivity contribution >= 4 is 5.97 Å². The van der Waals surface area contributed by atoms with Gasteiger partial charge >= 0.3 is 5.97 Å². The Kier molecular flexibility index (Phi) is 5.36. The average molecular weight is 392 g/mol. The Morgan fingerprint density at radius 2 is 2.07 bits per heavy atom. The molecular weight excluding hydrogens is 368 g/mol. The molecule has 0 amide bonds. The molecule has 1 aliphatic heterocycles. The van der Waals surface area contributed by atoms with Crippen molar-refractivity contribution in [3.05, 3.63) is 71.1 Å². The number of nitrogens with one attached hydrogen (secondary N) is 1. The lowest BCUT2D eigenvalue weighted by molar-refractivity contribution is -0.140. The van der Waals surface area contributed by atoms with E-state index in [0.717, 1.165) is 34.6 Å². The molecule has 6 heteroatoms. The van der Waals surface area contributed by atoms with Crippen molar-refractivity contribution in [2.45, 2.75) is 38.8 Å². The summed E-state index contributed by atoms with van der Waals surface area (Å²) >= 11 is 0. The van der Waals surface area contributed by atoms with Crippen LogP contribution >= 0.6 is 0 Å². The summed E-state index contributed by atoms with van der Waals surface area (Å²) in [5, 5.41) is 12.7. The summed E-state index contributed by atoms with van der Waals surface area (Å²) in [5.74, 6) is 1.18. The molecule has 2 N–H and O–H groups in total. The number of fused-ring (bicyclic) bond motifs is 1. The van der Waals surface area contributed by atoms with Crippen LogP contribution in [0.5, 0.6) is 5.75 Å². The van der Waals surface area contributed by atoms with Crippen LogP contribution in [-0.4, -0.2) is 28.7 Å². The lowest BCUT2D eigenvalue weighted by Gasteiger charge is -2.29. The van der Waals surface area contributed by atoms with Gasteiger partial charge in [0.1, 0.15) is 17.6 Å². The first-order valence-corrected chi connectivity index (χ1v) is 9.77. The second-order valence-corrected chi connectivity index (χ2v) is 7.39. The number of benzene rings is 2. The van der Waals surface area contributed by atoms with Crippen molar-refractivity contribution in [3.8, 4) is 17.2 Å². The van der Waals surface area contributed by atoms with Crippen LogP contribution in [0.15, 0.2) is 52.9 Å². The quantitative estimate of drug-likeness (QED) is 0.661. The van der Waals surface area contributed by atoms with E-state index in [0.29, 0.717) is 24.7 Å². The molecule has 150 valence electrons. The van der Waals surface area contributed by atoms with Gasteiger partial charge in [-0.1, -0.05) is 24.3 Å². The van der Waals surface area contributed by atoms with Gasteiger partial charge in [-0.2, -0.15) is 0 Å². The number of aliphatic carboxylic acids is 1. The van der Waals surface area contributed by atoms with Gasteiger partial charge in [0.25, 0.3) is 0 Å².